The lowest BCUT2D eigenvalue weighted by Crippen LogP contribution is -2.30. The number of carbonyl (C=O) groups is 1. The topological polar surface area (TPSA) is 72.3 Å². The molecule has 0 unspecified atom stereocenters. The van der Waals surface area contributed by atoms with Crippen LogP contribution in [0.5, 0.6) is 0 Å². The summed E-state index contributed by atoms with van der Waals surface area (Å²) in [5, 5.41) is 0. The van der Waals surface area contributed by atoms with Crippen molar-refractivity contribution in [3.8, 4) is 0 Å². The average molecular weight is 225 g/mol. The maximum Gasteiger partial charge on any atom is 0.231 e. The third-order valence-electron chi connectivity index (χ3n) is 2.21. The van der Waals surface area contributed by atoms with Gasteiger partial charge in [0.2, 0.25) is 5.91 Å². The molecule has 1 rings (SSSR count). The fourth-order valence-corrected chi connectivity index (χ4v) is 1.52. The van der Waals surface area contributed by atoms with Crippen LogP contribution < -0.4 is 11.5 Å². The Morgan fingerprint density at radius 1 is 1.50 bits per heavy atom. The van der Waals surface area contributed by atoms with E-state index >= 15 is 0 Å². The van der Waals surface area contributed by atoms with Crippen LogP contribution in [0.25, 0.3) is 0 Å². The second-order valence-electron chi connectivity index (χ2n) is 3.77. The minimum absolute atomic E-state index is 0.166. The molecular weight excluding hydrogens is 209 g/mol. The van der Waals surface area contributed by atoms with E-state index in [9.17, 15) is 9.18 Å². The summed E-state index contributed by atoms with van der Waals surface area (Å²) >= 11 is 0. The number of nitrogens with zero attached hydrogens (tertiary/aromatic N) is 1. The molecule has 1 amide bonds. The molecule has 16 heavy (non-hydrogen) atoms. The Kier molecular flexibility index (Phi) is 4.39. The summed E-state index contributed by atoms with van der Waals surface area (Å²) in [4.78, 5) is 12.4. The summed E-state index contributed by atoms with van der Waals surface area (Å²) in [5.41, 5.74) is 11.9. The Balaban J connectivity index is 2.70. The van der Waals surface area contributed by atoms with Gasteiger partial charge in [-0.05, 0) is 18.7 Å². The maximum absolute atomic E-state index is 13.1. The summed E-state index contributed by atoms with van der Waals surface area (Å²) in [5.74, 6) is -0.688. The summed E-state index contributed by atoms with van der Waals surface area (Å²) < 4.78 is 13.1. The second kappa shape index (κ2) is 5.58. The van der Waals surface area contributed by atoms with Gasteiger partial charge in [-0.15, -0.1) is 0 Å². The number of benzene rings is 1. The van der Waals surface area contributed by atoms with Gasteiger partial charge >= 0.3 is 0 Å². The lowest BCUT2D eigenvalue weighted by molar-refractivity contribution is -0.118. The van der Waals surface area contributed by atoms with Gasteiger partial charge in [0.25, 0.3) is 0 Å². The van der Waals surface area contributed by atoms with E-state index in [4.69, 9.17) is 11.5 Å². The third-order valence-corrected chi connectivity index (χ3v) is 2.21. The first-order chi connectivity index (χ1) is 7.52. The van der Waals surface area contributed by atoms with Crippen molar-refractivity contribution >= 4 is 5.91 Å². The molecule has 0 fully saturated rings. The van der Waals surface area contributed by atoms with Crippen molar-refractivity contribution in [3.63, 3.8) is 0 Å². The van der Waals surface area contributed by atoms with E-state index in [1.54, 1.807) is 24.1 Å². The zero-order chi connectivity index (χ0) is 12.1. The highest BCUT2D eigenvalue weighted by Gasteiger charge is 2.06. The van der Waals surface area contributed by atoms with Crippen molar-refractivity contribution in [2.24, 2.45) is 11.5 Å². The Labute approximate surface area is 94.0 Å². The highest BCUT2D eigenvalue weighted by atomic mass is 19.1. The van der Waals surface area contributed by atoms with E-state index in [0.29, 0.717) is 12.1 Å². The van der Waals surface area contributed by atoms with E-state index in [1.165, 1.54) is 6.07 Å². The van der Waals surface area contributed by atoms with Crippen LogP contribution in [0.4, 0.5) is 4.39 Å². The van der Waals surface area contributed by atoms with Gasteiger partial charge in [0.05, 0.1) is 6.54 Å². The van der Waals surface area contributed by atoms with Crippen molar-refractivity contribution < 1.29 is 9.18 Å². The van der Waals surface area contributed by atoms with Gasteiger partial charge in [0, 0.05) is 18.7 Å². The molecule has 0 atom stereocenters. The molecule has 0 aliphatic carbocycles. The number of halogens is 1. The predicted octanol–water partition coefficient (Wildman–Crippen LogP) is 0.202. The van der Waals surface area contributed by atoms with Gasteiger partial charge in [0.1, 0.15) is 5.82 Å². The molecule has 88 valence electrons. The number of amides is 1. The molecule has 0 saturated carbocycles. The Hall–Kier alpha value is -1.46. The van der Waals surface area contributed by atoms with Crippen molar-refractivity contribution in [3.05, 3.63) is 35.1 Å². The molecule has 4 nitrogen and oxygen atoms in total. The maximum atomic E-state index is 13.1. The molecule has 0 spiro atoms. The lowest BCUT2D eigenvalue weighted by atomic mass is 10.1. The molecule has 0 saturated heterocycles. The van der Waals surface area contributed by atoms with Crippen LogP contribution in [-0.2, 0) is 17.9 Å². The van der Waals surface area contributed by atoms with Crippen LogP contribution in [0, 0.1) is 5.82 Å². The fourth-order valence-electron chi connectivity index (χ4n) is 1.52. The van der Waals surface area contributed by atoms with Crippen LogP contribution in [0.15, 0.2) is 18.2 Å². The number of hydrogen-bond donors (Lipinski definition) is 2. The Bertz CT molecular complexity index is 381. The van der Waals surface area contributed by atoms with Gasteiger partial charge in [0.15, 0.2) is 0 Å². The quantitative estimate of drug-likeness (QED) is 0.752. The zero-order valence-corrected chi connectivity index (χ0v) is 9.24. The standard InChI is InChI=1S/C11H16FN3O/c1-15(7-11(14)16)6-8-2-3-10(12)9(4-8)5-13/h2-4H,5-7,13H2,1H3,(H2,14,16). The summed E-state index contributed by atoms with van der Waals surface area (Å²) in [6, 6.07) is 4.76. The van der Waals surface area contributed by atoms with E-state index in [2.05, 4.69) is 0 Å². The van der Waals surface area contributed by atoms with Crippen LogP contribution in [-0.4, -0.2) is 24.4 Å². The SMILES string of the molecule is CN(CC(N)=O)Cc1ccc(F)c(CN)c1. The van der Waals surface area contributed by atoms with E-state index in [1.807, 2.05) is 0 Å². The van der Waals surface area contributed by atoms with E-state index in [0.717, 1.165) is 5.56 Å². The predicted molar refractivity (Wildman–Crippen MR) is 59.8 cm³/mol. The molecule has 0 aromatic heterocycles. The Morgan fingerprint density at radius 2 is 2.19 bits per heavy atom. The molecule has 1 aromatic rings. The smallest absolute Gasteiger partial charge is 0.231 e. The normalized spacial score (nSPS) is 10.8. The van der Waals surface area contributed by atoms with Crippen LogP contribution in [0.1, 0.15) is 11.1 Å². The van der Waals surface area contributed by atoms with Crippen molar-refractivity contribution in [1.29, 1.82) is 0 Å². The number of hydrogen-bond acceptors (Lipinski definition) is 3. The molecular formula is C11H16FN3O. The van der Waals surface area contributed by atoms with Crippen molar-refractivity contribution in [2.75, 3.05) is 13.6 Å². The summed E-state index contributed by atoms with van der Waals surface area (Å²) in [7, 11) is 1.77. The minimum atomic E-state index is -0.385. The molecule has 0 radical (unpaired) electrons. The fraction of sp³-hybridized carbons (Fsp3) is 0.364. The summed E-state index contributed by atoms with van der Waals surface area (Å²) in [6.07, 6.45) is 0. The van der Waals surface area contributed by atoms with Gasteiger partial charge in [-0.2, -0.15) is 0 Å². The molecule has 5 heteroatoms. The zero-order valence-electron chi connectivity index (χ0n) is 9.24. The number of carbonyl (C=O) groups excluding carboxylic acids is 1. The molecule has 4 N–H and O–H groups in total. The van der Waals surface area contributed by atoms with E-state index in [-0.39, 0.29) is 24.8 Å². The second-order valence-corrected chi connectivity index (χ2v) is 3.77. The van der Waals surface area contributed by atoms with E-state index < -0.39 is 0 Å². The first-order valence-corrected chi connectivity index (χ1v) is 4.97. The van der Waals surface area contributed by atoms with Gasteiger partial charge in [-0.1, -0.05) is 12.1 Å². The minimum Gasteiger partial charge on any atom is -0.369 e. The number of rotatable bonds is 5. The van der Waals surface area contributed by atoms with Gasteiger partial charge in [-0.3, -0.25) is 9.69 Å². The van der Waals surface area contributed by atoms with Crippen LogP contribution in [0.3, 0.4) is 0 Å². The number of nitrogens with two attached hydrogens (primary N) is 2. The molecule has 0 aliphatic heterocycles. The number of primary amides is 1. The molecule has 0 heterocycles. The summed E-state index contributed by atoms with van der Waals surface area (Å²) in [6.45, 7) is 0.880. The Morgan fingerprint density at radius 3 is 2.75 bits per heavy atom. The first kappa shape index (κ1) is 12.6. The first-order valence-electron chi connectivity index (χ1n) is 4.97. The van der Waals surface area contributed by atoms with Crippen molar-refractivity contribution in [1.82, 2.24) is 4.90 Å². The largest absolute Gasteiger partial charge is 0.369 e. The molecule has 1 aromatic carbocycles. The van der Waals surface area contributed by atoms with Crippen LogP contribution in [0.2, 0.25) is 0 Å². The molecule has 0 bridgehead atoms. The third kappa shape index (κ3) is 3.60. The number of likely N-dealkylation sites (N-methyl/N-ethyl adjacent to an activating group) is 1. The van der Waals surface area contributed by atoms with Crippen molar-refractivity contribution in [2.45, 2.75) is 13.1 Å². The molecule has 0 aliphatic rings. The highest BCUT2D eigenvalue weighted by Crippen LogP contribution is 2.11. The van der Waals surface area contributed by atoms with Gasteiger partial charge in [-0.25, -0.2) is 4.39 Å². The lowest BCUT2D eigenvalue weighted by Gasteiger charge is -2.15. The van der Waals surface area contributed by atoms with Crippen LogP contribution >= 0.6 is 0 Å². The highest BCUT2D eigenvalue weighted by molar-refractivity contribution is 5.75. The van der Waals surface area contributed by atoms with Gasteiger partial charge < -0.3 is 11.5 Å². The monoisotopic (exact) mass is 225 g/mol. The average Bonchev–Trinajstić information content (AvgIpc) is 2.19.